The van der Waals surface area contributed by atoms with Gasteiger partial charge in [-0.15, -0.1) is 0 Å². The lowest BCUT2D eigenvalue weighted by Crippen LogP contribution is -2.32. The van der Waals surface area contributed by atoms with Crippen molar-refractivity contribution < 1.29 is 14.1 Å². The smallest absolute Gasteiger partial charge is 0.292 e. The summed E-state index contributed by atoms with van der Waals surface area (Å²) in [5.41, 5.74) is 1.32. The quantitative estimate of drug-likeness (QED) is 0.625. The second-order valence-corrected chi connectivity index (χ2v) is 5.74. The average Bonchev–Trinajstić information content (AvgIpc) is 3.29. The molecule has 7 nitrogen and oxygen atoms in total. The van der Waals surface area contributed by atoms with Gasteiger partial charge in [0.15, 0.2) is 5.89 Å². The molecule has 0 spiro atoms. The van der Waals surface area contributed by atoms with Crippen LogP contribution in [0.15, 0.2) is 28.7 Å². The molecule has 23 heavy (non-hydrogen) atoms. The van der Waals surface area contributed by atoms with Crippen molar-refractivity contribution in [3.63, 3.8) is 0 Å². The molecule has 1 fully saturated rings. The molecule has 2 aromatic rings. The van der Waals surface area contributed by atoms with E-state index in [-0.39, 0.29) is 23.4 Å². The van der Waals surface area contributed by atoms with Gasteiger partial charge in [0.05, 0.1) is 10.6 Å². The highest BCUT2D eigenvalue weighted by Crippen LogP contribution is 2.31. The number of aromatic nitrogens is 1. The van der Waals surface area contributed by atoms with Crippen LogP contribution in [-0.4, -0.2) is 26.8 Å². The molecule has 0 aliphatic heterocycles. The van der Waals surface area contributed by atoms with Gasteiger partial charge in [-0.25, -0.2) is 4.98 Å². The number of aryl methyl sites for hydroxylation is 2. The molecule has 0 bridgehead atoms. The van der Waals surface area contributed by atoms with Crippen LogP contribution in [0.3, 0.4) is 0 Å². The average molecular weight is 315 g/mol. The number of rotatable bonds is 5. The normalized spacial score (nSPS) is 13.8. The Morgan fingerprint density at radius 2 is 2.17 bits per heavy atom. The first-order valence-electron chi connectivity index (χ1n) is 7.44. The predicted molar refractivity (Wildman–Crippen MR) is 82.0 cm³/mol. The van der Waals surface area contributed by atoms with Gasteiger partial charge in [0.2, 0.25) is 5.76 Å². The van der Waals surface area contributed by atoms with E-state index in [1.54, 1.807) is 30.9 Å². The number of nitrogens with zero attached hydrogens (tertiary/aromatic N) is 3. The van der Waals surface area contributed by atoms with Gasteiger partial charge < -0.3 is 9.32 Å². The van der Waals surface area contributed by atoms with E-state index in [4.69, 9.17) is 4.42 Å². The summed E-state index contributed by atoms with van der Waals surface area (Å²) in [7, 11) is 0. The number of carbonyl (C=O) groups excluding carboxylic acids is 1. The standard InChI is InChI=1S/C16H17N3O4/c1-10-15(23-11(2)17-10)16(20)18(13-6-7-13)9-12-4-3-5-14(8-12)19(21)22/h3-5,8,13H,6-7,9H2,1-2H3. The van der Waals surface area contributed by atoms with Crippen molar-refractivity contribution in [3.8, 4) is 0 Å². The third-order valence-corrected chi connectivity index (χ3v) is 3.82. The molecule has 1 aromatic carbocycles. The molecular weight excluding hydrogens is 298 g/mol. The van der Waals surface area contributed by atoms with E-state index in [1.165, 1.54) is 12.1 Å². The van der Waals surface area contributed by atoms with Crippen molar-refractivity contribution in [2.75, 3.05) is 0 Å². The summed E-state index contributed by atoms with van der Waals surface area (Å²) in [5.74, 6) is 0.494. The van der Waals surface area contributed by atoms with Gasteiger partial charge in [-0.05, 0) is 25.3 Å². The Kier molecular flexibility index (Phi) is 3.85. The number of amides is 1. The lowest BCUT2D eigenvalue weighted by Gasteiger charge is -2.21. The minimum atomic E-state index is -0.434. The zero-order valence-corrected chi connectivity index (χ0v) is 13.0. The number of hydrogen-bond acceptors (Lipinski definition) is 5. The Morgan fingerprint density at radius 1 is 1.43 bits per heavy atom. The summed E-state index contributed by atoms with van der Waals surface area (Å²) in [6, 6.07) is 6.52. The van der Waals surface area contributed by atoms with Crippen molar-refractivity contribution in [1.82, 2.24) is 9.88 Å². The Balaban J connectivity index is 1.85. The Hall–Kier alpha value is -2.70. The third kappa shape index (κ3) is 3.23. The second-order valence-electron chi connectivity index (χ2n) is 5.74. The maximum absolute atomic E-state index is 12.7. The van der Waals surface area contributed by atoms with Crippen LogP contribution in [0, 0.1) is 24.0 Å². The van der Waals surface area contributed by atoms with Crippen molar-refractivity contribution in [2.24, 2.45) is 0 Å². The fourth-order valence-corrected chi connectivity index (χ4v) is 2.58. The summed E-state index contributed by atoms with van der Waals surface area (Å²) in [5, 5.41) is 10.9. The number of hydrogen-bond donors (Lipinski definition) is 0. The van der Waals surface area contributed by atoms with E-state index in [9.17, 15) is 14.9 Å². The van der Waals surface area contributed by atoms with Gasteiger partial charge in [0.25, 0.3) is 11.6 Å². The van der Waals surface area contributed by atoms with Gasteiger partial charge in [-0.1, -0.05) is 12.1 Å². The topological polar surface area (TPSA) is 89.5 Å². The summed E-state index contributed by atoms with van der Waals surface area (Å²) >= 11 is 0. The van der Waals surface area contributed by atoms with E-state index < -0.39 is 4.92 Å². The van der Waals surface area contributed by atoms with Crippen LogP contribution >= 0.6 is 0 Å². The Bertz CT molecular complexity index is 764. The van der Waals surface area contributed by atoms with Crippen LogP contribution in [0.5, 0.6) is 0 Å². The summed E-state index contributed by atoms with van der Waals surface area (Å²) in [4.78, 5) is 29.0. The number of carbonyl (C=O) groups is 1. The molecule has 7 heteroatoms. The molecular formula is C16H17N3O4. The molecule has 3 rings (SSSR count). The molecule has 1 aliphatic carbocycles. The van der Waals surface area contributed by atoms with E-state index in [2.05, 4.69) is 4.98 Å². The summed E-state index contributed by atoms with van der Waals surface area (Å²) < 4.78 is 5.42. The number of oxazole rings is 1. The van der Waals surface area contributed by atoms with Crippen LogP contribution in [0.2, 0.25) is 0 Å². The zero-order chi connectivity index (χ0) is 16.6. The minimum Gasteiger partial charge on any atom is -0.436 e. The number of nitro groups is 1. The van der Waals surface area contributed by atoms with Crippen molar-refractivity contribution in [3.05, 3.63) is 57.3 Å². The number of benzene rings is 1. The molecule has 1 aliphatic rings. The van der Waals surface area contributed by atoms with Crippen molar-refractivity contribution in [1.29, 1.82) is 0 Å². The molecule has 1 saturated carbocycles. The van der Waals surface area contributed by atoms with E-state index in [0.29, 0.717) is 18.1 Å². The molecule has 1 aromatic heterocycles. The highest BCUT2D eigenvalue weighted by molar-refractivity contribution is 5.92. The highest BCUT2D eigenvalue weighted by atomic mass is 16.6. The molecule has 120 valence electrons. The van der Waals surface area contributed by atoms with Gasteiger partial charge >= 0.3 is 0 Å². The van der Waals surface area contributed by atoms with Crippen LogP contribution < -0.4 is 0 Å². The van der Waals surface area contributed by atoms with E-state index in [1.807, 2.05) is 0 Å². The molecule has 0 N–H and O–H groups in total. The first-order valence-corrected chi connectivity index (χ1v) is 7.44. The van der Waals surface area contributed by atoms with Crippen LogP contribution in [-0.2, 0) is 6.54 Å². The van der Waals surface area contributed by atoms with Crippen molar-refractivity contribution >= 4 is 11.6 Å². The maximum atomic E-state index is 12.7. The largest absolute Gasteiger partial charge is 0.436 e. The molecule has 1 amide bonds. The minimum absolute atomic E-state index is 0.0254. The highest BCUT2D eigenvalue weighted by Gasteiger charge is 2.35. The molecule has 1 heterocycles. The summed E-state index contributed by atoms with van der Waals surface area (Å²) in [6.07, 6.45) is 1.87. The van der Waals surface area contributed by atoms with Crippen LogP contribution in [0.4, 0.5) is 5.69 Å². The van der Waals surface area contributed by atoms with E-state index >= 15 is 0 Å². The SMILES string of the molecule is Cc1nc(C)c(C(=O)N(Cc2cccc([N+](=O)[O-])c2)C2CC2)o1. The first kappa shape index (κ1) is 15.2. The fraction of sp³-hybridized carbons (Fsp3) is 0.375. The zero-order valence-electron chi connectivity index (χ0n) is 13.0. The van der Waals surface area contributed by atoms with Crippen LogP contribution in [0.25, 0.3) is 0 Å². The van der Waals surface area contributed by atoms with Gasteiger partial charge in [0.1, 0.15) is 0 Å². The van der Waals surface area contributed by atoms with E-state index in [0.717, 1.165) is 18.4 Å². The first-order chi connectivity index (χ1) is 11.0. The predicted octanol–water partition coefficient (Wildman–Crippen LogP) is 3.00. The lowest BCUT2D eigenvalue weighted by atomic mass is 10.1. The Morgan fingerprint density at radius 3 is 2.74 bits per heavy atom. The van der Waals surface area contributed by atoms with Gasteiger partial charge in [0, 0.05) is 31.6 Å². The molecule has 0 saturated heterocycles. The van der Waals surface area contributed by atoms with Crippen LogP contribution in [0.1, 0.15) is 40.5 Å². The maximum Gasteiger partial charge on any atom is 0.292 e. The fourth-order valence-electron chi connectivity index (χ4n) is 2.58. The molecule has 0 unspecified atom stereocenters. The van der Waals surface area contributed by atoms with Crippen molar-refractivity contribution in [2.45, 2.75) is 39.3 Å². The molecule has 0 atom stereocenters. The number of nitro benzene ring substituents is 1. The monoisotopic (exact) mass is 315 g/mol. The Labute approximate surface area is 133 Å². The molecule has 0 radical (unpaired) electrons. The van der Waals surface area contributed by atoms with Gasteiger partial charge in [-0.3, -0.25) is 14.9 Å². The summed E-state index contributed by atoms with van der Waals surface area (Å²) in [6.45, 7) is 3.76. The van der Waals surface area contributed by atoms with Gasteiger partial charge in [-0.2, -0.15) is 0 Å². The number of non-ortho nitro benzene ring substituents is 1. The lowest BCUT2D eigenvalue weighted by molar-refractivity contribution is -0.384. The second kappa shape index (κ2) is 5.83. The third-order valence-electron chi connectivity index (χ3n) is 3.82.